The highest BCUT2D eigenvalue weighted by atomic mass is 35.7. The molecule has 1 aliphatic rings. The maximum absolute atomic E-state index is 11.8. The summed E-state index contributed by atoms with van der Waals surface area (Å²) in [5, 5.41) is 2.44. The third-order valence-electron chi connectivity index (χ3n) is 2.87. The van der Waals surface area contributed by atoms with Gasteiger partial charge in [0, 0.05) is 16.7 Å². The van der Waals surface area contributed by atoms with Crippen molar-refractivity contribution in [3.63, 3.8) is 0 Å². The number of hydrogen-bond acceptors (Lipinski definition) is 4. The molecule has 1 fully saturated rings. The molecular weight excluding hydrogens is 361 g/mol. The van der Waals surface area contributed by atoms with Gasteiger partial charge in [-0.05, 0) is 31.9 Å². The maximum atomic E-state index is 11.8. The first kappa shape index (κ1) is 16.7. The highest BCUT2D eigenvalue weighted by Gasteiger charge is 2.27. The average Bonchev–Trinajstić information content (AvgIpc) is 3.17. The minimum Gasteiger partial charge on any atom is -0.479 e. The van der Waals surface area contributed by atoms with Crippen LogP contribution in [0, 0.1) is 0 Å². The van der Waals surface area contributed by atoms with Gasteiger partial charge in [0.1, 0.15) is 15.7 Å². The van der Waals surface area contributed by atoms with Gasteiger partial charge in [-0.2, -0.15) is 0 Å². The van der Waals surface area contributed by atoms with E-state index < -0.39 is 15.2 Å². The van der Waals surface area contributed by atoms with Crippen molar-refractivity contribution in [3.05, 3.63) is 22.2 Å². The number of nitrogens with one attached hydrogen (secondary N) is 1. The summed E-state index contributed by atoms with van der Waals surface area (Å²) in [4.78, 5) is 11.5. The number of ether oxygens (including phenoxy) is 1. The summed E-state index contributed by atoms with van der Waals surface area (Å²) in [6.45, 7) is 1.56. The molecule has 1 N–H and O–H groups in total. The van der Waals surface area contributed by atoms with E-state index in [1.165, 1.54) is 12.1 Å². The van der Waals surface area contributed by atoms with Crippen LogP contribution in [0.1, 0.15) is 19.8 Å². The Morgan fingerprint density at radius 1 is 1.33 bits per heavy atom. The monoisotopic (exact) mass is 371 g/mol. The van der Waals surface area contributed by atoms with Crippen molar-refractivity contribution in [2.75, 3.05) is 0 Å². The van der Waals surface area contributed by atoms with Gasteiger partial charge < -0.3 is 10.1 Å². The Morgan fingerprint density at radius 2 is 1.95 bits per heavy atom. The number of amides is 1. The van der Waals surface area contributed by atoms with Crippen LogP contribution in [-0.4, -0.2) is 26.5 Å². The quantitative estimate of drug-likeness (QED) is 0.807. The number of benzene rings is 1. The predicted octanol–water partition coefficient (Wildman–Crippen LogP) is 2.97. The van der Waals surface area contributed by atoms with E-state index in [-0.39, 0.29) is 32.6 Å². The summed E-state index contributed by atoms with van der Waals surface area (Å²) < 4.78 is 28.0. The summed E-state index contributed by atoms with van der Waals surface area (Å²) in [7, 11) is 1.23. The largest absolute Gasteiger partial charge is 0.479 e. The summed E-state index contributed by atoms with van der Waals surface area (Å²) in [6, 6.07) is 2.70. The summed E-state index contributed by atoms with van der Waals surface area (Å²) in [5.41, 5.74) is 0. The Labute approximate surface area is 136 Å². The molecule has 2 rings (SSSR count). The molecule has 1 aromatic carbocycles. The van der Waals surface area contributed by atoms with E-state index in [0.717, 1.165) is 12.8 Å². The summed E-state index contributed by atoms with van der Waals surface area (Å²) in [5.74, 6) is -0.150. The molecule has 9 heteroatoms. The summed E-state index contributed by atoms with van der Waals surface area (Å²) >= 11 is 11.8. The Hall–Kier alpha value is -0.690. The molecule has 1 saturated carbocycles. The van der Waals surface area contributed by atoms with Crippen LogP contribution in [0.3, 0.4) is 0 Å². The fourth-order valence-corrected chi connectivity index (χ4v) is 3.36. The third-order valence-corrected chi connectivity index (χ3v) is 5.21. The molecule has 0 spiro atoms. The lowest BCUT2D eigenvalue weighted by molar-refractivity contribution is -0.127. The zero-order valence-corrected chi connectivity index (χ0v) is 14.0. The minimum atomic E-state index is -4.00. The molecule has 0 aliphatic heterocycles. The summed E-state index contributed by atoms with van der Waals surface area (Å²) in [6.07, 6.45) is 1.15. The number of hydrogen-bond donors (Lipinski definition) is 1. The van der Waals surface area contributed by atoms with Crippen molar-refractivity contribution in [1.82, 2.24) is 5.32 Å². The normalized spacial score (nSPS) is 16.4. The number of carbonyl (C=O) groups is 1. The molecule has 1 unspecified atom stereocenters. The van der Waals surface area contributed by atoms with E-state index in [2.05, 4.69) is 5.32 Å². The molecule has 1 aliphatic carbocycles. The molecule has 1 atom stereocenters. The predicted molar refractivity (Wildman–Crippen MR) is 80.8 cm³/mol. The minimum absolute atomic E-state index is 0.107. The molecular formula is C12H12Cl3NO4S. The van der Waals surface area contributed by atoms with Crippen molar-refractivity contribution in [1.29, 1.82) is 0 Å². The molecule has 0 aromatic heterocycles. The van der Waals surface area contributed by atoms with Gasteiger partial charge in [0.25, 0.3) is 15.0 Å². The molecule has 0 bridgehead atoms. The number of halogens is 3. The van der Waals surface area contributed by atoms with Crippen molar-refractivity contribution in [2.45, 2.75) is 36.8 Å². The zero-order chi connectivity index (χ0) is 15.8. The van der Waals surface area contributed by atoms with Gasteiger partial charge in [0.2, 0.25) is 0 Å². The topological polar surface area (TPSA) is 72.5 Å². The lowest BCUT2D eigenvalue weighted by Crippen LogP contribution is -2.37. The van der Waals surface area contributed by atoms with E-state index in [1.54, 1.807) is 6.92 Å². The van der Waals surface area contributed by atoms with E-state index in [1.807, 2.05) is 0 Å². The zero-order valence-electron chi connectivity index (χ0n) is 10.9. The van der Waals surface area contributed by atoms with Gasteiger partial charge in [-0.15, -0.1) is 0 Å². The van der Waals surface area contributed by atoms with Gasteiger partial charge in [-0.1, -0.05) is 23.2 Å². The van der Waals surface area contributed by atoms with Gasteiger partial charge in [-0.3, -0.25) is 4.79 Å². The maximum Gasteiger partial charge on any atom is 0.262 e. The third kappa shape index (κ3) is 4.16. The van der Waals surface area contributed by atoms with Crippen molar-refractivity contribution in [3.8, 4) is 5.75 Å². The number of carbonyl (C=O) groups excluding carboxylic acids is 1. The fraction of sp³-hybridized carbons (Fsp3) is 0.417. The highest BCUT2D eigenvalue weighted by molar-refractivity contribution is 8.13. The average molecular weight is 373 g/mol. The first-order valence-electron chi connectivity index (χ1n) is 6.10. The second kappa shape index (κ2) is 6.20. The van der Waals surface area contributed by atoms with Crippen LogP contribution in [0.2, 0.25) is 10.0 Å². The van der Waals surface area contributed by atoms with Gasteiger partial charge in [0.15, 0.2) is 6.10 Å². The van der Waals surface area contributed by atoms with Crippen molar-refractivity contribution >= 4 is 48.8 Å². The van der Waals surface area contributed by atoms with E-state index in [0.29, 0.717) is 0 Å². The van der Waals surface area contributed by atoms with Crippen molar-refractivity contribution < 1.29 is 17.9 Å². The molecule has 0 saturated heterocycles. The van der Waals surface area contributed by atoms with Crippen LogP contribution in [0.15, 0.2) is 17.0 Å². The lowest BCUT2D eigenvalue weighted by atomic mass is 10.3. The second-order valence-corrected chi connectivity index (χ2v) is 7.96. The standard InChI is InChI=1S/C12H12Cl3NO4S/c1-6(12(17)16-7-2-3-7)20-8-4-5-9(21(15,18)19)11(14)10(8)13/h4-7H,2-3H2,1H3,(H,16,17). The number of rotatable bonds is 5. The van der Waals surface area contributed by atoms with Crippen molar-refractivity contribution in [2.24, 2.45) is 0 Å². The van der Waals surface area contributed by atoms with Gasteiger partial charge >= 0.3 is 0 Å². The molecule has 21 heavy (non-hydrogen) atoms. The fourth-order valence-electron chi connectivity index (χ4n) is 1.58. The van der Waals surface area contributed by atoms with Crippen LogP contribution < -0.4 is 10.1 Å². The van der Waals surface area contributed by atoms with Gasteiger partial charge in [-0.25, -0.2) is 8.42 Å². The molecule has 0 radical (unpaired) electrons. The first-order valence-corrected chi connectivity index (χ1v) is 9.16. The van der Waals surface area contributed by atoms with E-state index in [4.69, 9.17) is 38.6 Å². The molecule has 116 valence electrons. The van der Waals surface area contributed by atoms with E-state index >= 15 is 0 Å². The highest BCUT2D eigenvalue weighted by Crippen LogP contribution is 2.38. The Balaban J connectivity index is 2.17. The Kier molecular flexibility index (Phi) is 4.92. The van der Waals surface area contributed by atoms with Crippen LogP contribution in [-0.2, 0) is 13.8 Å². The smallest absolute Gasteiger partial charge is 0.262 e. The molecule has 1 aromatic rings. The van der Waals surface area contributed by atoms with Crippen LogP contribution in [0.25, 0.3) is 0 Å². The second-order valence-electron chi connectivity index (χ2n) is 4.67. The van der Waals surface area contributed by atoms with E-state index in [9.17, 15) is 13.2 Å². The molecule has 5 nitrogen and oxygen atoms in total. The molecule has 1 amide bonds. The van der Waals surface area contributed by atoms with Crippen LogP contribution in [0.5, 0.6) is 5.75 Å². The Bertz CT molecular complexity index is 673. The first-order chi connectivity index (χ1) is 9.70. The SMILES string of the molecule is CC(Oc1ccc(S(=O)(=O)Cl)c(Cl)c1Cl)C(=O)NC1CC1. The molecule has 0 heterocycles. The van der Waals surface area contributed by atoms with Crippen LogP contribution in [0.4, 0.5) is 0 Å². The van der Waals surface area contributed by atoms with Crippen LogP contribution >= 0.6 is 33.9 Å². The Morgan fingerprint density at radius 3 is 2.48 bits per heavy atom. The lowest BCUT2D eigenvalue weighted by Gasteiger charge is -2.16. The van der Waals surface area contributed by atoms with Gasteiger partial charge in [0.05, 0.1) is 5.02 Å².